The molecule has 3 aromatic rings. The van der Waals surface area contributed by atoms with Crippen LogP contribution in [0.4, 0.5) is 4.79 Å². The summed E-state index contributed by atoms with van der Waals surface area (Å²) in [6.07, 6.45) is 0.1000. The van der Waals surface area contributed by atoms with Crippen LogP contribution in [-0.4, -0.2) is 35.6 Å². The zero-order valence-electron chi connectivity index (χ0n) is 15.0. The van der Waals surface area contributed by atoms with Crippen molar-refractivity contribution < 1.29 is 19.1 Å². The SMILES string of the molecule is COC(=O)C1c2c([nH]c3ccccc23)CCN1C(=O)OCc1ccccc1. The van der Waals surface area contributed by atoms with Crippen LogP contribution in [0.15, 0.2) is 54.6 Å². The zero-order chi connectivity index (χ0) is 18.8. The van der Waals surface area contributed by atoms with Crippen LogP contribution >= 0.6 is 0 Å². The number of esters is 1. The van der Waals surface area contributed by atoms with Gasteiger partial charge < -0.3 is 14.5 Å². The van der Waals surface area contributed by atoms with Gasteiger partial charge in [-0.1, -0.05) is 48.5 Å². The summed E-state index contributed by atoms with van der Waals surface area (Å²) in [4.78, 5) is 30.1. The van der Waals surface area contributed by atoms with Crippen LogP contribution < -0.4 is 0 Å². The predicted molar refractivity (Wildman–Crippen MR) is 100 cm³/mol. The highest BCUT2D eigenvalue weighted by atomic mass is 16.6. The van der Waals surface area contributed by atoms with Crippen molar-refractivity contribution in [2.24, 2.45) is 0 Å². The lowest BCUT2D eigenvalue weighted by Crippen LogP contribution is -2.44. The number of amides is 1. The summed E-state index contributed by atoms with van der Waals surface area (Å²) in [5.74, 6) is -0.475. The third-order valence-corrected chi connectivity index (χ3v) is 4.88. The molecule has 1 amide bonds. The number of aromatic nitrogens is 1. The van der Waals surface area contributed by atoms with Crippen molar-refractivity contribution in [3.8, 4) is 0 Å². The fourth-order valence-electron chi connectivity index (χ4n) is 3.60. The van der Waals surface area contributed by atoms with Gasteiger partial charge in [0.1, 0.15) is 6.61 Å². The number of fused-ring (bicyclic) bond motifs is 3. The van der Waals surface area contributed by atoms with Gasteiger partial charge in [-0.2, -0.15) is 0 Å². The van der Waals surface area contributed by atoms with Gasteiger partial charge in [0.2, 0.25) is 0 Å². The highest BCUT2D eigenvalue weighted by Gasteiger charge is 2.39. The van der Waals surface area contributed by atoms with Gasteiger partial charge in [0.05, 0.1) is 7.11 Å². The number of rotatable bonds is 3. The first-order valence-electron chi connectivity index (χ1n) is 8.83. The standard InChI is InChI=1S/C21H20N2O4/c1-26-20(24)19-18-15-9-5-6-10-16(15)22-17(18)11-12-23(19)21(25)27-13-14-7-3-2-4-8-14/h2-10,19,22H,11-13H2,1H3. The average molecular weight is 364 g/mol. The van der Waals surface area contributed by atoms with Crippen molar-refractivity contribution in [1.29, 1.82) is 0 Å². The first-order valence-corrected chi connectivity index (χ1v) is 8.83. The third-order valence-electron chi connectivity index (χ3n) is 4.88. The lowest BCUT2D eigenvalue weighted by molar-refractivity contribution is -0.147. The number of ether oxygens (including phenoxy) is 2. The molecule has 1 aliphatic rings. The van der Waals surface area contributed by atoms with Gasteiger partial charge in [-0.3, -0.25) is 4.90 Å². The highest BCUT2D eigenvalue weighted by Crippen LogP contribution is 2.36. The smallest absolute Gasteiger partial charge is 0.411 e. The number of aromatic amines is 1. The summed E-state index contributed by atoms with van der Waals surface area (Å²) in [5.41, 5.74) is 3.58. The van der Waals surface area contributed by atoms with Crippen LogP contribution in [0.3, 0.4) is 0 Å². The van der Waals surface area contributed by atoms with Crippen molar-refractivity contribution in [2.45, 2.75) is 19.1 Å². The average Bonchev–Trinajstić information content (AvgIpc) is 3.10. The zero-order valence-corrected chi connectivity index (χ0v) is 15.0. The highest BCUT2D eigenvalue weighted by molar-refractivity contribution is 5.93. The summed E-state index contributed by atoms with van der Waals surface area (Å²) in [5, 5.41) is 0.920. The molecule has 4 rings (SSSR count). The van der Waals surface area contributed by atoms with Gasteiger partial charge >= 0.3 is 12.1 Å². The molecule has 0 saturated carbocycles. The lowest BCUT2D eigenvalue weighted by atomic mass is 9.96. The molecule has 0 saturated heterocycles. The number of benzene rings is 2. The van der Waals surface area contributed by atoms with E-state index in [2.05, 4.69) is 4.98 Å². The van der Waals surface area contributed by atoms with Crippen LogP contribution in [0.5, 0.6) is 0 Å². The second kappa shape index (κ2) is 7.15. The van der Waals surface area contributed by atoms with E-state index in [0.717, 1.165) is 27.7 Å². The van der Waals surface area contributed by atoms with Crippen LogP contribution in [-0.2, 0) is 27.3 Å². The van der Waals surface area contributed by atoms with Crippen molar-refractivity contribution in [3.63, 3.8) is 0 Å². The number of hydrogen-bond donors (Lipinski definition) is 1. The summed E-state index contributed by atoms with van der Waals surface area (Å²) in [7, 11) is 1.33. The second-order valence-corrected chi connectivity index (χ2v) is 6.47. The minimum absolute atomic E-state index is 0.158. The van der Waals surface area contributed by atoms with Crippen LogP contribution in [0.2, 0.25) is 0 Å². The Balaban J connectivity index is 1.64. The number of carbonyl (C=O) groups excluding carboxylic acids is 2. The summed E-state index contributed by atoms with van der Waals surface area (Å²) < 4.78 is 10.5. The molecule has 6 nitrogen and oxygen atoms in total. The summed E-state index contributed by atoms with van der Waals surface area (Å²) >= 11 is 0. The van der Waals surface area contributed by atoms with Gasteiger partial charge in [0.25, 0.3) is 0 Å². The monoisotopic (exact) mass is 364 g/mol. The minimum atomic E-state index is -0.821. The van der Waals surface area contributed by atoms with E-state index in [-0.39, 0.29) is 6.61 Å². The number of nitrogens with zero attached hydrogens (tertiary/aromatic N) is 1. The van der Waals surface area contributed by atoms with E-state index in [9.17, 15) is 9.59 Å². The van der Waals surface area contributed by atoms with Crippen LogP contribution in [0, 0.1) is 0 Å². The fraction of sp³-hybridized carbons (Fsp3) is 0.238. The molecule has 0 radical (unpaired) electrons. The van der Waals surface area contributed by atoms with Crippen molar-refractivity contribution in [1.82, 2.24) is 9.88 Å². The largest absolute Gasteiger partial charge is 0.467 e. The molecule has 0 spiro atoms. The Morgan fingerprint density at radius 1 is 1.11 bits per heavy atom. The predicted octanol–water partition coefficient (Wildman–Crippen LogP) is 3.58. The summed E-state index contributed by atoms with van der Waals surface area (Å²) in [6.45, 7) is 0.540. The molecule has 2 heterocycles. The molecular formula is C21H20N2O4. The van der Waals surface area contributed by atoms with E-state index in [0.29, 0.717) is 13.0 Å². The van der Waals surface area contributed by atoms with E-state index < -0.39 is 18.1 Å². The van der Waals surface area contributed by atoms with Gasteiger partial charge in [-0.25, -0.2) is 9.59 Å². The molecule has 0 bridgehead atoms. The maximum Gasteiger partial charge on any atom is 0.411 e. The maximum absolute atomic E-state index is 12.8. The number of para-hydroxylation sites is 1. The normalized spacial score (nSPS) is 16.0. The molecule has 1 aliphatic heterocycles. The van der Waals surface area contributed by atoms with Gasteiger partial charge in [-0.05, 0) is 11.6 Å². The molecule has 138 valence electrons. The van der Waals surface area contributed by atoms with E-state index >= 15 is 0 Å². The van der Waals surface area contributed by atoms with Crippen molar-refractivity contribution >= 4 is 23.0 Å². The Kier molecular flexibility index (Phi) is 4.54. The molecule has 1 unspecified atom stereocenters. The molecule has 1 atom stereocenters. The third kappa shape index (κ3) is 3.14. The molecule has 27 heavy (non-hydrogen) atoms. The number of H-pyrrole nitrogens is 1. The summed E-state index contributed by atoms with van der Waals surface area (Å²) in [6, 6.07) is 16.4. The Morgan fingerprint density at radius 3 is 2.63 bits per heavy atom. The Labute approximate surface area is 156 Å². The first-order chi connectivity index (χ1) is 13.2. The van der Waals surface area contributed by atoms with E-state index in [1.807, 2.05) is 54.6 Å². The molecule has 1 aromatic heterocycles. The lowest BCUT2D eigenvalue weighted by Gasteiger charge is -2.33. The Morgan fingerprint density at radius 2 is 1.85 bits per heavy atom. The van der Waals surface area contributed by atoms with Gasteiger partial charge in [-0.15, -0.1) is 0 Å². The molecular weight excluding hydrogens is 344 g/mol. The first kappa shape index (κ1) is 17.1. The second-order valence-electron chi connectivity index (χ2n) is 6.47. The van der Waals surface area contributed by atoms with E-state index in [4.69, 9.17) is 9.47 Å². The van der Waals surface area contributed by atoms with Crippen molar-refractivity contribution in [2.75, 3.05) is 13.7 Å². The van der Waals surface area contributed by atoms with Crippen LogP contribution in [0.25, 0.3) is 10.9 Å². The number of nitrogens with one attached hydrogen (secondary N) is 1. The molecule has 0 aliphatic carbocycles. The molecule has 6 heteroatoms. The molecule has 1 N–H and O–H groups in total. The Hall–Kier alpha value is -3.28. The topological polar surface area (TPSA) is 71.6 Å². The number of carbonyl (C=O) groups is 2. The van der Waals surface area contributed by atoms with Crippen molar-refractivity contribution in [3.05, 3.63) is 71.4 Å². The van der Waals surface area contributed by atoms with E-state index in [1.54, 1.807) is 0 Å². The number of methoxy groups -OCH3 is 1. The quantitative estimate of drug-likeness (QED) is 0.721. The van der Waals surface area contributed by atoms with Gasteiger partial charge in [0.15, 0.2) is 6.04 Å². The fourth-order valence-corrected chi connectivity index (χ4v) is 3.60. The number of hydrogen-bond acceptors (Lipinski definition) is 4. The van der Waals surface area contributed by atoms with E-state index in [1.165, 1.54) is 12.0 Å². The maximum atomic E-state index is 12.8. The van der Waals surface area contributed by atoms with Gasteiger partial charge in [0, 0.05) is 35.1 Å². The Bertz CT molecular complexity index is 980. The molecule has 0 fully saturated rings. The minimum Gasteiger partial charge on any atom is -0.467 e. The van der Waals surface area contributed by atoms with Crippen LogP contribution in [0.1, 0.15) is 22.9 Å². The molecule has 2 aromatic carbocycles.